The van der Waals surface area contributed by atoms with Gasteiger partial charge in [-0.15, -0.1) is 0 Å². The van der Waals surface area contributed by atoms with E-state index in [0.717, 1.165) is 44.2 Å². The minimum absolute atomic E-state index is 0.0609. The molecular formula is C27H31NO3. The number of carbonyl (C=O) groups excluding carboxylic acids is 2. The molecule has 4 heteroatoms. The summed E-state index contributed by atoms with van der Waals surface area (Å²) in [4.78, 5) is 24.3. The maximum Gasteiger partial charge on any atom is 0.331 e. The molecule has 0 radical (unpaired) electrons. The summed E-state index contributed by atoms with van der Waals surface area (Å²) in [6.07, 6.45) is 12.6. The van der Waals surface area contributed by atoms with Gasteiger partial charge in [-0.3, -0.25) is 4.79 Å². The lowest BCUT2D eigenvalue weighted by atomic mass is 9.46. The number of anilines is 1. The third-order valence-corrected chi connectivity index (χ3v) is 9.62. The maximum atomic E-state index is 12.2. The highest BCUT2D eigenvalue weighted by Crippen LogP contribution is 2.69. The van der Waals surface area contributed by atoms with Crippen LogP contribution in [-0.4, -0.2) is 17.4 Å². The number of fused-ring (bicyclic) bond motifs is 6. The Labute approximate surface area is 183 Å². The summed E-state index contributed by atoms with van der Waals surface area (Å²) < 4.78 is 6.06. The zero-order valence-electron chi connectivity index (χ0n) is 18.2. The van der Waals surface area contributed by atoms with E-state index in [9.17, 15) is 9.59 Å². The van der Waals surface area contributed by atoms with Crippen molar-refractivity contribution in [2.45, 2.75) is 63.4 Å². The molecule has 3 saturated carbocycles. The Morgan fingerprint density at radius 1 is 1.03 bits per heavy atom. The van der Waals surface area contributed by atoms with Gasteiger partial charge < -0.3 is 10.5 Å². The van der Waals surface area contributed by atoms with Gasteiger partial charge in [0.1, 0.15) is 5.60 Å². The lowest BCUT2D eigenvalue weighted by Crippen LogP contribution is -2.54. The van der Waals surface area contributed by atoms with E-state index in [-0.39, 0.29) is 11.4 Å². The topological polar surface area (TPSA) is 69.4 Å². The predicted molar refractivity (Wildman–Crippen MR) is 119 cm³/mol. The van der Waals surface area contributed by atoms with E-state index in [1.54, 1.807) is 6.08 Å². The van der Waals surface area contributed by atoms with Crippen LogP contribution >= 0.6 is 0 Å². The molecule has 0 amide bonds. The van der Waals surface area contributed by atoms with E-state index in [1.807, 2.05) is 18.2 Å². The van der Waals surface area contributed by atoms with E-state index < -0.39 is 5.60 Å². The van der Waals surface area contributed by atoms with Crippen molar-refractivity contribution in [2.75, 3.05) is 5.73 Å². The number of allylic oxidation sites excluding steroid dienone is 1. The highest BCUT2D eigenvalue weighted by atomic mass is 16.6. The smallest absolute Gasteiger partial charge is 0.331 e. The quantitative estimate of drug-likeness (QED) is 0.518. The molecule has 5 aliphatic rings. The fourth-order valence-electron chi connectivity index (χ4n) is 8.31. The number of nitrogens with two attached hydrogens (primary N) is 1. The SMILES string of the molecule is C[C@]12C[C@H](c3ccc(N)cc3)[C@H]3[C@@H](CCC4=CC(=O)CC[C@@H]43)[C@@H]1CC[C@@]21C=CC(=O)O1. The first-order valence-corrected chi connectivity index (χ1v) is 11.9. The van der Waals surface area contributed by atoms with Crippen LogP contribution in [0.3, 0.4) is 0 Å². The van der Waals surface area contributed by atoms with Gasteiger partial charge in [0.25, 0.3) is 0 Å². The van der Waals surface area contributed by atoms with E-state index >= 15 is 0 Å². The largest absolute Gasteiger partial charge is 0.451 e. The molecule has 1 heterocycles. The van der Waals surface area contributed by atoms with Crippen molar-refractivity contribution in [3.8, 4) is 0 Å². The molecule has 1 spiro atoms. The molecule has 0 bridgehead atoms. The monoisotopic (exact) mass is 417 g/mol. The summed E-state index contributed by atoms with van der Waals surface area (Å²) in [5.74, 6) is 2.70. The number of benzene rings is 1. The number of carbonyl (C=O) groups is 2. The van der Waals surface area contributed by atoms with Crippen LogP contribution in [0.4, 0.5) is 5.69 Å². The van der Waals surface area contributed by atoms with Gasteiger partial charge in [0, 0.05) is 23.6 Å². The lowest BCUT2D eigenvalue weighted by molar-refractivity contribution is -0.162. The Hall–Kier alpha value is -2.36. The van der Waals surface area contributed by atoms with Gasteiger partial charge in [0.05, 0.1) is 0 Å². The molecule has 31 heavy (non-hydrogen) atoms. The fraction of sp³-hybridized carbons (Fsp3) is 0.556. The molecule has 162 valence electrons. The second-order valence-corrected chi connectivity index (χ2v) is 10.8. The van der Waals surface area contributed by atoms with Crippen LogP contribution in [0, 0.1) is 29.1 Å². The van der Waals surface area contributed by atoms with E-state index in [0.29, 0.717) is 41.8 Å². The summed E-state index contributed by atoms with van der Waals surface area (Å²) in [5, 5.41) is 0. The number of esters is 1. The van der Waals surface area contributed by atoms with Gasteiger partial charge in [-0.1, -0.05) is 24.6 Å². The molecule has 2 N–H and O–H groups in total. The summed E-state index contributed by atoms with van der Waals surface area (Å²) in [5.41, 5.74) is 9.03. The third kappa shape index (κ3) is 2.66. The number of ketones is 1. The minimum Gasteiger partial charge on any atom is -0.451 e. The molecule has 6 rings (SSSR count). The molecular weight excluding hydrogens is 386 g/mol. The average Bonchev–Trinajstić information content (AvgIpc) is 3.27. The number of hydrogen-bond acceptors (Lipinski definition) is 4. The molecule has 0 saturated heterocycles. The Kier molecular flexibility index (Phi) is 4.10. The number of nitrogen functional groups attached to an aromatic ring is 1. The van der Waals surface area contributed by atoms with Crippen molar-refractivity contribution in [3.05, 3.63) is 53.6 Å². The van der Waals surface area contributed by atoms with Crippen LogP contribution in [0.25, 0.3) is 0 Å². The van der Waals surface area contributed by atoms with E-state index in [4.69, 9.17) is 10.5 Å². The van der Waals surface area contributed by atoms with Gasteiger partial charge in [-0.25, -0.2) is 4.79 Å². The Bertz CT molecular complexity index is 1010. The molecule has 3 fully saturated rings. The Morgan fingerprint density at radius 3 is 2.58 bits per heavy atom. The van der Waals surface area contributed by atoms with Crippen LogP contribution < -0.4 is 5.73 Å². The van der Waals surface area contributed by atoms with Crippen LogP contribution in [0.5, 0.6) is 0 Å². The van der Waals surface area contributed by atoms with Crippen LogP contribution in [0.2, 0.25) is 0 Å². The first-order chi connectivity index (χ1) is 14.9. The Morgan fingerprint density at radius 2 is 1.84 bits per heavy atom. The van der Waals surface area contributed by atoms with Gasteiger partial charge in [0.15, 0.2) is 5.78 Å². The summed E-state index contributed by atoms with van der Waals surface area (Å²) in [6, 6.07) is 8.43. The average molecular weight is 418 g/mol. The van der Waals surface area contributed by atoms with Gasteiger partial charge in [0.2, 0.25) is 0 Å². The zero-order chi connectivity index (χ0) is 21.4. The van der Waals surface area contributed by atoms with Crippen LogP contribution in [-0.2, 0) is 14.3 Å². The molecule has 1 aromatic carbocycles. The van der Waals surface area contributed by atoms with E-state index in [2.05, 4.69) is 25.1 Å². The molecule has 4 aliphatic carbocycles. The van der Waals surface area contributed by atoms with Gasteiger partial charge >= 0.3 is 5.97 Å². The normalized spacial score (nSPS) is 43.3. The molecule has 4 nitrogen and oxygen atoms in total. The van der Waals surface area contributed by atoms with Crippen molar-refractivity contribution >= 4 is 17.4 Å². The summed E-state index contributed by atoms with van der Waals surface area (Å²) in [7, 11) is 0. The second kappa shape index (κ2) is 6.57. The standard InChI is InChI=1S/C27H31NO3/c1-26-15-22(16-2-5-18(28)6-3-16)25-20-9-7-19(29)14-17(20)4-8-21(25)23(26)10-12-27(26)13-11-24(30)31-27/h2-3,5-6,11,13-14,20-23,25H,4,7-10,12,15,28H2,1H3/t20-,21-,22+,23-,25+,26-,27+/m0/s1. The molecule has 0 aromatic heterocycles. The molecule has 1 aliphatic heterocycles. The first kappa shape index (κ1) is 19.3. The lowest BCUT2D eigenvalue weighted by Gasteiger charge is -2.58. The van der Waals surface area contributed by atoms with Crippen LogP contribution in [0.1, 0.15) is 63.4 Å². The van der Waals surface area contributed by atoms with Crippen LogP contribution in [0.15, 0.2) is 48.1 Å². The molecule has 1 aromatic rings. The minimum atomic E-state index is -0.454. The predicted octanol–water partition coefficient (Wildman–Crippen LogP) is 4.96. The maximum absolute atomic E-state index is 12.2. The fourth-order valence-corrected chi connectivity index (χ4v) is 8.31. The molecule has 7 atom stereocenters. The highest BCUT2D eigenvalue weighted by molar-refractivity contribution is 5.91. The number of hydrogen-bond donors (Lipinski definition) is 1. The zero-order valence-corrected chi connectivity index (χ0v) is 18.2. The van der Waals surface area contributed by atoms with Gasteiger partial charge in [-0.05, 0) is 98.0 Å². The van der Waals surface area contributed by atoms with Crippen molar-refractivity contribution < 1.29 is 14.3 Å². The van der Waals surface area contributed by atoms with Crippen molar-refractivity contribution in [2.24, 2.45) is 29.1 Å². The van der Waals surface area contributed by atoms with Crippen molar-refractivity contribution in [1.29, 1.82) is 0 Å². The Balaban J connectivity index is 1.46. The van der Waals surface area contributed by atoms with Crippen molar-refractivity contribution in [3.63, 3.8) is 0 Å². The van der Waals surface area contributed by atoms with Crippen molar-refractivity contribution in [1.82, 2.24) is 0 Å². The third-order valence-electron chi connectivity index (χ3n) is 9.62. The first-order valence-electron chi connectivity index (χ1n) is 11.9. The molecule has 0 unspecified atom stereocenters. The highest BCUT2D eigenvalue weighted by Gasteiger charge is 2.66. The number of ether oxygens (including phenoxy) is 1. The van der Waals surface area contributed by atoms with E-state index in [1.165, 1.54) is 11.1 Å². The summed E-state index contributed by atoms with van der Waals surface area (Å²) >= 11 is 0. The second-order valence-electron chi connectivity index (χ2n) is 10.8. The van der Waals surface area contributed by atoms with Gasteiger partial charge in [-0.2, -0.15) is 0 Å². The summed E-state index contributed by atoms with van der Waals surface area (Å²) in [6.45, 7) is 2.38. The number of rotatable bonds is 1.